The summed E-state index contributed by atoms with van der Waals surface area (Å²) in [5.41, 5.74) is 2.61. The average molecular weight is 318 g/mol. The molecule has 2 fully saturated rings. The van der Waals surface area contributed by atoms with Gasteiger partial charge in [0.2, 0.25) is 5.91 Å². The van der Waals surface area contributed by atoms with Crippen molar-refractivity contribution in [3.05, 3.63) is 35.4 Å². The number of rotatable bonds is 6. The van der Waals surface area contributed by atoms with Crippen molar-refractivity contribution >= 4 is 17.7 Å². The molecule has 0 spiro atoms. The number of nitrogens with zero attached hydrogens (tertiary/aromatic N) is 1. The standard InChI is InChI=1S/C18H26N2OS/c1-2-14-3-5-15(6-4-14)12-20(17-7-8-17)18(21)11-16-13-22-10-9-19-16/h3-6,16-17,19H,2,7-13H2,1H3. The first-order chi connectivity index (χ1) is 10.8. The summed E-state index contributed by atoms with van der Waals surface area (Å²) in [5.74, 6) is 2.55. The van der Waals surface area contributed by atoms with Crippen LogP contribution in [0.3, 0.4) is 0 Å². The molecule has 1 heterocycles. The van der Waals surface area contributed by atoms with Gasteiger partial charge in [-0.3, -0.25) is 4.79 Å². The number of carbonyl (C=O) groups is 1. The summed E-state index contributed by atoms with van der Waals surface area (Å²) in [6.45, 7) is 3.97. The largest absolute Gasteiger partial charge is 0.335 e. The molecule has 0 bridgehead atoms. The Morgan fingerprint density at radius 2 is 2.00 bits per heavy atom. The predicted molar refractivity (Wildman–Crippen MR) is 93.1 cm³/mol. The predicted octanol–water partition coefficient (Wildman–Crippen LogP) is 2.84. The van der Waals surface area contributed by atoms with E-state index in [-0.39, 0.29) is 0 Å². The summed E-state index contributed by atoms with van der Waals surface area (Å²) in [4.78, 5) is 14.8. The van der Waals surface area contributed by atoms with E-state index in [0.717, 1.165) is 25.3 Å². The summed E-state index contributed by atoms with van der Waals surface area (Å²) in [7, 11) is 0. The van der Waals surface area contributed by atoms with Crippen molar-refractivity contribution in [1.29, 1.82) is 0 Å². The van der Waals surface area contributed by atoms with Crippen molar-refractivity contribution in [2.24, 2.45) is 0 Å². The molecule has 3 rings (SSSR count). The van der Waals surface area contributed by atoms with E-state index in [0.29, 0.717) is 24.4 Å². The van der Waals surface area contributed by atoms with Gasteiger partial charge >= 0.3 is 0 Å². The van der Waals surface area contributed by atoms with Crippen molar-refractivity contribution in [2.75, 3.05) is 18.1 Å². The van der Waals surface area contributed by atoms with E-state index in [1.165, 1.54) is 29.7 Å². The molecule has 1 atom stereocenters. The Bertz CT molecular complexity index is 492. The average Bonchev–Trinajstić information content (AvgIpc) is 3.39. The lowest BCUT2D eigenvalue weighted by atomic mass is 10.1. The van der Waals surface area contributed by atoms with E-state index in [4.69, 9.17) is 0 Å². The van der Waals surface area contributed by atoms with Crippen molar-refractivity contribution in [3.63, 3.8) is 0 Å². The highest BCUT2D eigenvalue weighted by molar-refractivity contribution is 7.99. The second-order valence-electron chi connectivity index (χ2n) is 6.35. The minimum atomic E-state index is 0.321. The van der Waals surface area contributed by atoms with Gasteiger partial charge in [0.25, 0.3) is 0 Å². The molecule has 0 radical (unpaired) electrons. The van der Waals surface area contributed by atoms with Gasteiger partial charge in [-0.05, 0) is 30.4 Å². The maximum absolute atomic E-state index is 12.7. The molecule has 120 valence electrons. The van der Waals surface area contributed by atoms with Gasteiger partial charge in [0.05, 0.1) is 0 Å². The topological polar surface area (TPSA) is 32.3 Å². The van der Waals surface area contributed by atoms with E-state index < -0.39 is 0 Å². The Labute approximate surface area is 137 Å². The molecule has 2 aliphatic rings. The molecule has 1 amide bonds. The van der Waals surface area contributed by atoms with E-state index in [2.05, 4.69) is 41.4 Å². The van der Waals surface area contributed by atoms with Gasteiger partial charge in [-0.25, -0.2) is 0 Å². The molecule has 1 saturated carbocycles. The zero-order valence-corrected chi connectivity index (χ0v) is 14.2. The van der Waals surface area contributed by atoms with Crippen molar-refractivity contribution in [1.82, 2.24) is 10.2 Å². The molecule has 1 aliphatic heterocycles. The van der Waals surface area contributed by atoms with Gasteiger partial charge in [-0.15, -0.1) is 0 Å². The lowest BCUT2D eigenvalue weighted by Gasteiger charge is -2.27. The fraction of sp³-hybridized carbons (Fsp3) is 0.611. The minimum absolute atomic E-state index is 0.321. The second kappa shape index (κ2) is 7.51. The van der Waals surface area contributed by atoms with Crippen LogP contribution >= 0.6 is 11.8 Å². The third-order valence-corrected chi connectivity index (χ3v) is 5.64. The van der Waals surface area contributed by atoms with Gasteiger partial charge < -0.3 is 10.2 Å². The van der Waals surface area contributed by atoms with Crippen LogP contribution in [0.5, 0.6) is 0 Å². The third-order valence-electron chi connectivity index (χ3n) is 4.51. The van der Waals surface area contributed by atoms with Crippen molar-refractivity contribution < 1.29 is 4.79 Å². The highest BCUT2D eigenvalue weighted by Gasteiger charge is 2.33. The Balaban J connectivity index is 1.60. The number of thioether (sulfide) groups is 1. The molecule has 1 aromatic carbocycles. The van der Waals surface area contributed by atoms with Crippen LogP contribution in [-0.2, 0) is 17.8 Å². The fourth-order valence-electron chi connectivity index (χ4n) is 2.96. The Hall–Kier alpha value is -1.00. The summed E-state index contributed by atoms with van der Waals surface area (Å²) >= 11 is 1.96. The SMILES string of the molecule is CCc1ccc(CN(C(=O)CC2CSCCN2)C2CC2)cc1. The van der Waals surface area contributed by atoms with E-state index in [9.17, 15) is 4.79 Å². The fourth-order valence-corrected chi connectivity index (χ4v) is 3.91. The quantitative estimate of drug-likeness (QED) is 0.875. The van der Waals surface area contributed by atoms with Crippen LogP contribution in [-0.4, -0.2) is 40.9 Å². The van der Waals surface area contributed by atoms with E-state index in [1.807, 2.05) is 11.8 Å². The van der Waals surface area contributed by atoms with E-state index in [1.54, 1.807) is 0 Å². The van der Waals surface area contributed by atoms with Crippen molar-refractivity contribution in [3.8, 4) is 0 Å². The van der Waals surface area contributed by atoms with Gasteiger partial charge in [-0.1, -0.05) is 31.2 Å². The maximum Gasteiger partial charge on any atom is 0.224 e. The lowest BCUT2D eigenvalue weighted by molar-refractivity contribution is -0.132. The highest BCUT2D eigenvalue weighted by atomic mass is 32.2. The zero-order valence-electron chi connectivity index (χ0n) is 13.4. The summed E-state index contributed by atoms with van der Waals surface area (Å²) < 4.78 is 0. The number of hydrogen-bond acceptors (Lipinski definition) is 3. The molecule has 1 N–H and O–H groups in total. The van der Waals surface area contributed by atoms with Crippen LogP contribution < -0.4 is 5.32 Å². The second-order valence-corrected chi connectivity index (χ2v) is 7.50. The number of carbonyl (C=O) groups excluding carboxylic acids is 1. The first-order valence-corrected chi connectivity index (χ1v) is 9.60. The van der Waals surface area contributed by atoms with E-state index >= 15 is 0 Å². The number of aryl methyl sites for hydroxylation is 1. The monoisotopic (exact) mass is 318 g/mol. The highest BCUT2D eigenvalue weighted by Crippen LogP contribution is 2.29. The molecule has 1 saturated heterocycles. The Morgan fingerprint density at radius 3 is 2.59 bits per heavy atom. The molecule has 1 unspecified atom stereocenters. The van der Waals surface area contributed by atoms with Crippen LogP contribution in [0.15, 0.2) is 24.3 Å². The van der Waals surface area contributed by atoms with Gasteiger partial charge in [0.15, 0.2) is 0 Å². The first-order valence-electron chi connectivity index (χ1n) is 8.44. The molecule has 0 aromatic heterocycles. The number of benzene rings is 1. The first kappa shape index (κ1) is 15.9. The number of amides is 1. The smallest absolute Gasteiger partial charge is 0.224 e. The van der Waals surface area contributed by atoms with Gasteiger partial charge in [-0.2, -0.15) is 11.8 Å². The number of hydrogen-bond donors (Lipinski definition) is 1. The van der Waals surface area contributed by atoms with Gasteiger partial charge in [0, 0.05) is 43.1 Å². The summed E-state index contributed by atoms with van der Waals surface area (Å²) in [6, 6.07) is 9.56. The van der Waals surface area contributed by atoms with Crippen LogP contribution in [0.25, 0.3) is 0 Å². The van der Waals surface area contributed by atoms with Gasteiger partial charge in [0.1, 0.15) is 0 Å². The van der Waals surface area contributed by atoms with Crippen LogP contribution in [0.1, 0.15) is 37.3 Å². The molecule has 1 aliphatic carbocycles. The van der Waals surface area contributed by atoms with Crippen LogP contribution in [0.2, 0.25) is 0 Å². The van der Waals surface area contributed by atoms with Crippen LogP contribution in [0, 0.1) is 0 Å². The summed E-state index contributed by atoms with van der Waals surface area (Å²) in [5, 5.41) is 3.47. The Morgan fingerprint density at radius 1 is 1.27 bits per heavy atom. The third kappa shape index (κ3) is 4.26. The molecular formula is C18H26N2OS. The van der Waals surface area contributed by atoms with Crippen molar-refractivity contribution in [2.45, 2.75) is 51.2 Å². The molecule has 4 heteroatoms. The molecular weight excluding hydrogens is 292 g/mol. The molecule has 22 heavy (non-hydrogen) atoms. The zero-order chi connectivity index (χ0) is 15.4. The minimum Gasteiger partial charge on any atom is -0.335 e. The summed E-state index contributed by atoms with van der Waals surface area (Å²) in [6.07, 6.45) is 4.06. The normalized spacial score (nSPS) is 21.6. The molecule has 3 nitrogen and oxygen atoms in total. The number of nitrogens with one attached hydrogen (secondary N) is 1. The Kier molecular flexibility index (Phi) is 5.42. The molecule has 1 aromatic rings. The lowest BCUT2D eigenvalue weighted by Crippen LogP contribution is -2.43. The van der Waals surface area contributed by atoms with Crippen LogP contribution in [0.4, 0.5) is 0 Å². The maximum atomic E-state index is 12.7.